The molecule has 2 rings (SSSR count). The van der Waals surface area contributed by atoms with Gasteiger partial charge in [0.05, 0.1) is 33.2 Å². The van der Waals surface area contributed by atoms with Gasteiger partial charge >= 0.3 is 5.97 Å². The fourth-order valence-corrected chi connectivity index (χ4v) is 3.65. The van der Waals surface area contributed by atoms with E-state index in [1.54, 1.807) is 13.8 Å². The molecule has 0 aromatic heterocycles. The van der Waals surface area contributed by atoms with Gasteiger partial charge in [0.1, 0.15) is 12.6 Å². The first-order valence-electron chi connectivity index (χ1n) is 8.92. The summed E-state index contributed by atoms with van der Waals surface area (Å²) in [6.07, 6.45) is 1.87. The minimum Gasteiger partial charge on any atom is -0.481 e. The monoisotopic (exact) mass is 359 g/mol. The van der Waals surface area contributed by atoms with Gasteiger partial charge in [-0.2, -0.15) is 5.26 Å². The summed E-state index contributed by atoms with van der Waals surface area (Å²) in [4.78, 5) is 12.6. The summed E-state index contributed by atoms with van der Waals surface area (Å²) < 4.78 is 10.7. The lowest BCUT2D eigenvalue weighted by atomic mass is 9.71. The number of rotatable bonds is 8. The summed E-state index contributed by atoms with van der Waals surface area (Å²) in [6.45, 7) is 5.33. The highest BCUT2D eigenvalue weighted by molar-refractivity contribution is 5.77. The van der Waals surface area contributed by atoms with Crippen molar-refractivity contribution in [2.75, 3.05) is 26.8 Å². The second-order valence-electron chi connectivity index (χ2n) is 6.72. The molecule has 0 bridgehead atoms. The molecule has 0 amide bonds. The van der Waals surface area contributed by atoms with E-state index < -0.39 is 17.4 Å². The van der Waals surface area contributed by atoms with Crippen molar-refractivity contribution in [3.05, 3.63) is 47.9 Å². The van der Waals surface area contributed by atoms with Gasteiger partial charge in [-0.25, -0.2) is 0 Å². The van der Waals surface area contributed by atoms with Crippen LogP contribution in [0, 0.1) is 17.2 Å². The third-order valence-electron chi connectivity index (χ3n) is 5.17. The molecule has 0 radical (unpaired) electrons. The van der Waals surface area contributed by atoms with Crippen LogP contribution in [0.25, 0.3) is 0 Å². The quantitative estimate of drug-likeness (QED) is 0.439. The number of aliphatic hydroxyl groups is 1. The lowest BCUT2D eigenvalue weighted by Gasteiger charge is -2.57. The molecule has 6 nitrogen and oxygen atoms in total. The molecule has 1 aromatic rings. The van der Waals surface area contributed by atoms with Crippen LogP contribution < -0.4 is 0 Å². The van der Waals surface area contributed by atoms with Crippen molar-refractivity contribution in [3.8, 4) is 6.07 Å². The molecule has 140 valence electrons. The third kappa shape index (κ3) is 3.68. The zero-order valence-corrected chi connectivity index (χ0v) is 15.6. The highest BCUT2D eigenvalue weighted by atomic mass is 16.6. The standard InChI is InChI=1S/C20H26N2O4/c1-4-25-18(23)13-17(19(24)26-5-2)20(15-21)11-12-22(20,3)14-16-9-7-6-8-10-16/h6-10,13,17H,4-5,11-12,14H2,1-3H3/p+1/b18-13+. The number of hydrogen-bond acceptors (Lipinski definition) is 5. The first-order valence-corrected chi connectivity index (χ1v) is 8.92. The first-order chi connectivity index (χ1) is 12.4. The number of nitriles is 1. The SMILES string of the molecule is CCOC(=O)C(/C=C(\O)OCC)C1(C#N)CC[N+]1(C)Cc1ccccc1. The third-order valence-corrected chi connectivity index (χ3v) is 5.17. The smallest absolute Gasteiger partial charge is 0.320 e. The van der Waals surface area contributed by atoms with E-state index in [-0.39, 0.29) is 19.2 Å². The van der Waals surface area contributed by atoms with Gasteiger partial charge in [-0.1, -0.05) is 30.3 Å². The van der Waals surface area contributed by atoms with Gasteiger partial charge in [-0.3, -0.25) is 4.79 Å². The molecule has 3 atom stereocenters. The Kier molecular flexibility index (Phi) is 6.27. The topological polar surface area (TPSA) is 79.6 Å². The summed E-state index contributed by atoms with van der Waals surface area (Å²) in [7, 11) is 1.97. The van der Waals surface area contributed by atoms with Gasteiger partial charge in [-0.05, 0) is 13.8 Å². The minimum absolute atomic E-state index is 0.211. The lowest BCUT2D eigenvalue weighted by Crippen LogP contribution is -2.74. The number of benzene rings is 1. The van der Waals surface area contributed by atoms with Crippen LogP contribution in [0.15, 0.2) is 42.4 Å². The van der Waals surface area contributed by atoms with Crippen LogP contribution in [0.5, 0.6) is 0 Å². The Bertz CT molecular complexity index is 698. The molecule has 1 heterocycles. The average Bonchev–Trinajstić information content (AvgIpc) is 2.62. The molecule has 26 heavy (non-hydrogen) atoms. The molecular weight excluding hydrogens is 332 g/mol. The van der Waals surface area contributed by atoms with Crippen molar-refractivity contribution in [1.82, 2.24) is 0 Å². The Morgan fingerprint density at radius 1 is 1.35 bits per heavy atom. The molecule has 0 spiro atoms. The number of ether oxygens (including phenoxy) is 2. The molecule has 1 aliphatic rings. The van der Waals surface area contributed by atoms with Gasteiger partial charge in [0.15, 0.2) is 5.92 Å². The summed E-state index contributed by atoms with van der Waals surface area (Å²) in [5.41, 5.74) is 0.0858. The highest BCUT2D eigenvalue weighted by Gasteiger charge is 2.64. The molecular formula is C20H27N2O4+. The van der Waals surface area contributed by atoms with E-state index >= 15 is 0 Å². The molecule has 1 aliphatic heterocycles. The van der Waals surface area contributed by atoms with Crippen molar-refractivity contribution in [1.29, 1.82) is 5.26 Å². The maximum absolute atomic E-state index is 12.6. The molecule has 3 unspecified atom stereocenters. The van der Waals surface area contributed by atoms with Crippen LogP contribution in [0.2, 0.25) is 0 Å². The number of nitrogens with zero attached hydrogens (tertiary/aromatic N) is 2. The predicted octanol–water partition coefficient (Wildman–Crippen LogP) is 2.91. The van der Waals surface area contributed by atoms with Gasteiger partial charge < -0.3 is 19.1 Å². The van der Waals surface area contributed by atoms with Crippen molar-refractivity contribution >= 4 is 5.97 Å². The fraction of sp³-hybridized carbons (Fsp3) is 0.500. The van der Waals surface area contributed by atoms with E-state index in [1.807, 2.05) is 37.4 Å². The Labute approximate surface area is 154 Å². The second-order valence-corrected chi connectivity index (χ2v) is 6.72. The number of likely N-dealkylation sites (tertiary alicyclic amines) is 1. The van der Waals surface area contributed by atoms with Gasteiger partial charge in [0.25, 0.3) is 5.95 Å². The summed E-state index contributed by atoms with van der Waals surface area (Å²) in [5, 5.41) is 20.0. The van der Waals surface area contributed by atoms with Gasteiger partial charge in [-0.15, -0.1) is 0 Å². The molecule has 0 saturated carbocycles. The molecule has 1 aromatic carbocycles. The van der Waals surface area contributed by atoms with Crippen LogP contribution >= 0.6 is 0 Å². The Hall–Kier alpha value is -2.52. The summed E-state index contributed by atoms with van der Waals surface area (Å²) >= 11 is 0. The fourth-order valence-electron chi connectivity index (χ4n) is 3.65. The maximum atomic E-state index is 12.6. The number of carbonyl (C=O) groups excluding carboxylic acids is 1. The number of esters is 1. The van der Waals surface area contributed by atoms with Crippen LogP contribution in [-0.4, -0.2) is 47.9 Å². The number of quaternary nitrogens is 1. The lowest BCUT2D eigenvalue weighted by molar-refractivity contribution is -1.01. The Morgan fingerprint density at radius 2 is 2.00 bits per heavy atom. The van der Waals surface area contributed by atoms with Crippen LogP contribution in [0.4, 0.5) is 0 Å². The van der Waals surface area contributed by atoms with Crippen molar-refractivity contribution < 1.29 is 23.9 Å². The van der Waals surface area contributed by atoms with Crippen LogP contribution in [0.3, 0.4) is 0 Å². The zero-order valence-electron chi connectivity index (χ0n) is 15.6. The van der Waals surface area contributed by atoms with Crippen molar-refractivity contribution in [2.24, 2.45) is 5.92 Å². The normalized spacial score (nSPS) is 26.3. The predicted molar refractivity (Wildman–Crippen MR) is 96.6 cm³/mol. The van der Waals surface area contributed by atoms with E-state index in [9.17, 15) is 15.2 Å². The van der Waals surface area contributed by atoms with E-state index in [1.165, 1.54) is 6.08 Å². The van der Waals surface area contributed by atoms with Gasteiger partial charge in [0, 0.05) is 11.6 Å². The molecule has 1 saturated heterocycles. The van der Waals surface area contributed by atoms with E-state index in [4.69, 9.17) is 9.47 Å². The summed E-state index contributed by atoms with van der Waals surface area (Å²) in [6, 6.07) is 12.3. The number of hydrogen-bond donors (Lipinski definition) is 1. The second kappa shape index (κ2) is 8.24. The van der Waals surface area contributed by atoms with Crippen molar-refractivity contribution in [3.63, 3.8) is 0 Å². The Morgan fingerprint density at radius 3 is 2.50 bits per heavy atom. The zero-order chi connectivity index (χ0) is 19.2. The Balaban J connectivity index is 2.40. The minimum atomic E-state index is -1.01. The van der Waals surface area contributed by atoms with Crippen LogP contribution in [-0.2, 0) is 20.8 Å². The molecule has 6 heteroatoms. The maximum Gasteiger partial charge on any atom is 0.320 e. The highest BCUT2D eigenvalue weighted by Crippen LogP contribution is 2.46. The average molecular weight is 359 g/mol. The van der Waals surface area contributed by atoms with Crippen LogP contribution in [0.1, 0.15) is 25.8 Å². The van der Waals surface area contributed by atoms with E-state index in [0.29, 0.717) is 17.4 Å². The molecule has 0 aliphatic carbocycles. The largest absolute Gasteiger partial charge is 0.481 e. The van der Waals surface area contributed by atoms with Crippen molar-refractivity contribution in [2.45, 2.75) is 32.4 Å². The van der Waals surface area contributed by atoms with E-state index in [2.05, 4.69) is 6.07 Å². The number of carbonyl (C=O) groups is 1. The van der Waals surface area contributed by atoms with Gasteiger partial charge in [0.2, 0.25) is 5.54 Å². The first kappa shape index (κ1) is 19.8. The summed E-state index contributed by atoms with van der Waals surface area (Å²) in [5.74, 6) is -1.77. The van der Waals surface area contributed by atoms with E-state index in [0.717, 1.165) is 12.1 Å². The molecule has 1 N–H and O–H groups in total. The number of aliphatic hydroxyl groups excluding tert-OH is 1. The molecule has 1 fully saturated rings.